The summed E-state index contributed by atoms with van der Waals surface area (Å²) in [6.45, 7) is 2.37. The van der Waals surface area contributed by atoms with E-state index in [0.717, 1.165) is 25.3 Å². The molecular weight excluding hydrogens is 226 g/mol. The van der Waals surface area contributed by atoms with Crippen LogP contribution in [0.3, 0.4) is 0 Å². The van der Waals surface area contributed by atoms with Crippen LogP contribution in [-0.2, 0) is 13.6 Å². The summed E-state index contributed by atoms with van der Waals surface area (Å²) in [7, 11) is 1.91. The van der Waals surface area contributed by atoms with Crippen molar-refractivity contribution in [2.75, 3.05) is 18.0 Å². The molecule has 0 aliphatic rings. The Morgan fingerprint density at radius 3 is 2.67 bits per heavy atom. The van der Waals surface area contributed by atoms with Gasteiger partial charge in [0.05, 0.1) is 6.54 Å². The van der Waals surface area contributed by atoms with Crippen molar-refractivity contribution in [3.05, 3.63) is 42.5 Å². The van der Waals surface area contributed by atoms with Gasteiger partial charge < -0.3 is 10.6 Å². The van der Waals surface area contributed by atoms with E-state index in [-0.39, 0.29) is 0 Å². The summed E-state index contributed by atoms with van der Waals surface area (Å²) in [6, 6.07) is 10.3. The van der Waals surface area contributed by atoms with E-state index >= 15 is 0 Å². The van der Waals surface area contributed by atoms with Gasteiger partial charge in [0.2, 0.25) is 0 Å². The minimum atomic E-state index is 0.697. The molecule has 0 aliphatic carbocycles. The Kier molecular flexibility index (Phi) is 4.30. The number of hydrogen-bond acceptors (Lipinski definition) is 4. The Morgan fingerprint density at radius 2 is 2.06 bits per heavy atom. The summed E-state index contributed by atoms with van der Waals surface area (Å²) in [4.78, 5) is 6.54. The number of nitrogens with zero attached hydrogens (tertiary/aromatic N) is 4. The second-order valence-corrected chi connectivity index (χ2v) is 4.20. The summed E-state index contributed by atoms with van der Waals surface area (Å²) in [6.07, 6.45) is 2.55. The van der Waals surface area contributed by atoms with Crippen molar-refractivity contribution in [2.45, 2.75) is 13.0 Å². The van der Waals surface area contributed by atoms with Gasteiger partial charge in [-0.05, 0) is 25.1 Å². The Balaban J connectivity index is 2.13. The normalized spacial score (nSPS) is 10.6. The predicted octanol–water partition coefficient (Wildman–Crippen LogP) is 1.17. The molecule has 1 heterocycles. The minimum Gasteiger partial charge on any atom is -0.364 e. The molecule has 2 aromatic rings. The van der Waals surface area contributed by atoms with Crippen molar-refractivity contribution in [3.8, 4) is 0 Å². The fourth-order valence-corrected chi connectivity index (χ4v) is 1.85. The predicted molar refractivity (Wildman–Crippen MR) is 72.2 cm³/mol. The Hall–Kier alpha value is -1.88. The highest BCUT2D eigenvalue weighted by Crippen LogP contribution is 2.15. The lowest BCUT2D eigenvalue weighted by atomic mass is 10.2. The van der Waals surface area contributed by atoms with Gasteiger partial charge in [0.15, 0.2) is 0 Å². The molecule has 18 heavy (non-hydrogen) atoms. The first kappa shape index (κ1) is 12.6. The van der Waals surface area contributed by atoms with Crippen molar-refractivity contribution < 1.29 is 0 Å². The first-order valence-corrected chi connectivity index (χ1v) is 6.14. The number of para-hydroxylation sites is 1. The van der Waals surface area contributed by atoms with Crippen LogP contribution < -0.4 is 10.6 Å². The summed E-state index contributed by atoms with van der Waals surface area (Å²) >= 11 is 0. The third-order valence-corrected chi connectivity index (χ3v) is 2.89. The minimum absolute atomic E-state index is 0.697. The standard InChI is InChI=1S/C13H19N5/c1-17-13(15-11-16-17)10-18(9-5-8-14)12-6-3-2-4-7-12/h2-4,6-7,11H,5,8-10,14H2,1H3. The van der Waals surface area contributed by atoms with Crippen LogP contribution in [0, 0.1) is 0 Å². The smallest absolute Gasteiger partial charge is 0.146 e. The van der Waals surface area contributed by atoms with E-state index in [1.54, 1.807) is 11.0 Å². The number of hydrogen-bond donors (Lipinski definition) is 1. The van der Waals surface area contributed by atoms with Crippen LogP contribution in [0.1, 0.15) is 12.2 Å². The van der Waals surface area contributed by atoms with Crippen LogP contribution in [0.4, 0.5) is 5.69 Å². The summed E-state index contributed by atoms with van der Waals surface area (Å²) in [5.74, 6) is 0.955. The SMILES string of the molecule is Cn1ncnc1CN(CCCN)c1ccccc1. The van der Waals surface area contributed by atoms with Crippen molar-refractivity contribution in [3.63, 3.8) is 0 Å². The van der Waals surface area contributed by atoms with Crippen molar-refractivity contribution >= 4 is 5.69 Å². The third kappa shape index (κ3) is 3.07. The molecule has 0 radical (unpaired) electrons. The Labute approximate surface area is 107 Å². The van der Waals surface area contributed by atoms with Gasteiger partial charge in [0.1, 0.15) is 12.2 Å². The Morgan fingerprint density at radius 1 is 1.28 bits per heavy atom. The van der Waals surface area contributed by atoms with Gasteiger partial charge in [0.25, 0.3) is 0 Å². The molecule has 0 fully saturated rings. The van der Waals surface area contributed by atoms with Crippen LogP contribution >= 0.6 is 0 Å². The number of nitrogens with two attached hydrogens (primary N) is 1. The van der Waals surface area contributed by atoms with Gasteiger partial charge in [-0.25, -0.2) is 4.98 Å². The fraction of sp³-hybridized carbons (Fsp3) is 0.385. The molecule has 1 aromatic heterocycles. The topological polar surface area (TPSA) is 60.0 Å². The van der Waals surface area contributed by atoms with Crippen LogP contribution in [0.2, 0.25) is 0 Å². The summed E-state index contributed by atoms with van der Waals surface area (Å²) in [5, 5.41) is 4.10. The third-order valence-electron chi connectivity index (χ3n) is 2.89. The first-order chi connectivity index (χ1) is 8.81. The molecule has 0 atom stereocenters. The monoisotopic (exact) mass is 245 g/mol. The van der Waals surface area contributed by atoms with Crippen molar-refractivity contribution in [1.29, 1.82) is 0 Å². The molecule has 1 aromatic carbocycles. The van der Waals surface area contributed by atoms with Gasteiger partial charge in [0, 0.05) is 19.3 Å². The van der Waals surface area contributed by atoms with Gasteiger partial charge >= 0.3 is 0 Å². The summed E-state index contributed by atoms with van der Waals surface area (Å²) in [5.41, 5.74) is 6.79. The maximum atomic E-state index is 5.60. The molecule has 0 amide bonds. The molecule has 5 heteroatoms. The van der Waals surface area contributed by atoms with E-state index in [1.807, 2.05) is 25.2 Å². The van der Waals surface area contributed by atoms with Gasteiger partial charge in [-0.3, -0.25) is 4.68 Å². The molecule has 2 rings (SSSR count). The largest absolute Gasteiger partial charge is 0.364 e. The lowest BCUT2D eigenvalue weighted by Gasteiger charge is -2.24. The highest BCUT2D eigenvalue weighted by atomic mass is 15.3. The van der Waals surface area contributed by atoms with Gasteiger partial charge in [-0.15, -0.1) is 0 Å². The zero-order chi connectivity index (χ0) is 12.8. The quantitative estimate of drug-likeness (QED) is 0.830. The molecule has 0 bridgehead atoms. The lowest BCUT2D eigenvalue weighted by molar-refractivity contribution is 0.655. The number of aromatic nitrogens is 3. The number of rotatable bonds is 6. The number of benzene rings is 1. The molecule has 0 aliphatic heterocycles. The lowest BCUT2D eigenvalue weighted by Crippen LogP contribution is -2.27. The first-order valence-electron chi connectivity index (χ1n) is 6.14. The zero-order valence-corrected chi connectivity index (χ0v) is 10.7. The molecular formula is C13H19N5. The highest BCUT2D eigenvalue weighted by Gasteiger charge is 2.09. The molecule has 96 valence electrons. The van der Waals surface area contributed by atoms with E-state index in [2.05, 4.69) is 27.1 Å². The molecule has 0 saturated heterocycles. The molecule has 2 N–H and O–H groups in total. The Bertz CT molecular complexity index is 465. The summed E-state index contributed by atoms with van der Waals surface area (Å²) < 4.78 is 1.80. The fourth-order valence-electron chi connectivity index (χ4n) is 1.85. The molecule has 0 unspecified atom stereocenters. The van der Waals surface area contributed by atoms with E-state index in [1.165, 1.54) is 5.69 Å². The van der Waals surface area contributed by atoms with Crippen molar-refractivity contribution in [1.82, 2.24) is 14.8 Å². The van der Waals surface area contributed by atoms with E-state index in [9.17, 15) is 0 Å². The molecule has 0 spiro atoms. The average molecular weight is 245 g/mol. The van der Waals surface area contributed by atoms with Crippen LogP contribution in [0.15, 0.2) is 36.7 Å². The maximum Gasteiger partial charge on any atom is 0.146 e. The van der Waals surface area contributed by atoms with E-state index in [4.69, 9.17) is 5.73 Å². The second-order valence-electron chi connectivity index (χ2n) is 4.20. The maximum absolute atomic E-state index is 5.60. The van der Waals surface area contributed by atoms with Crippen LogP contribution in [0.5, 0.6) is 0 Å². The van der Waals surface area contributed by atoms with Crippen LogP contribution in [0.25, 0.3) is 0 Å². The second kappa shape index (κ2) is 6.16. The van der Waals surface area contributed by atoms with Crippen LogP contribution in [-0.4, -0.2) is 27.9 Å². The zero-order valence-electron chi connectivity index (χ0n) is 10.7. The molecule has 0 saturated carbocycles. The van der Waals surface area contributed by atoms with E-state index < -0.39 is 0 Å². The van der Waals surface area contributed by atoms with Gasteiger partial charge in [-0.2, -0.15) is 5.10 Å². The molecule has 5 nitrogen and oxygen atoms in total. The number of anilines is 1. The average Bonchev–Trinajstić information content (AvgIpc) is 2.81. The highest BCUT2D eigenvalue weighted by molar-refractivity contribution is 5.45. The van der Waals surface area contributed by atoms with E-state index in [0.29, 0.717) is 6.54 Å². The number of aryl methyl sites for hydroxylation is 1. The van der Waals surface area contributed by atoms with Crippen molar-refractivity contribution in [2.24, 2.45) is 12.8 Å². The van der Waals surface area contributed by atoms with Gasteiger partial charge in [-0.1, -0.05) is 18.2 Å².